The molecular weight excluding hydrogens is 417 g/mol. The Morgan fingerprint density at radius 2 is 1.52 bits per heavy atom. The molecule has 2 rings (SSSR count). The maximum absolute atomic E-state index is 11.4. The van der Waals surface area contributed by atoms with Gasteiger partial charge in [-0.05, 0) is 0 Å². The number of hydrogen-bond donors (Lipinski definition) is 1. The van der Waals surface area contributed by atoms with Gasteiger partial charge in [0.2, 0.25) is 0 Å². The number of amides is 1. The van der Waals surface area contributed by atoms with E-state index in [1.807, 2.05) is 6.07 Å². The fourth-order valence-electron chi connectivity index (χ4n) is 3.85. The standard InChI is InChI=1S/C9H6NO2.3C4H9.Sn/c10-9(11)8-5-6-3-1-2-4-7(6)12-8;3*1-3-4-2;/h2-5H,(H2,10,11);3*1,3-4H2,2H3;. The van der Waals surface area contributed by atoms with E-state index in [-0.39, 0.29) is 5.76 Å². The monoisotopic (exact) mass is 451 g/mol. The molecule has 0 saturated heterocycles. The van der Waals surface area contributed by atoms with Crippen LogP contribution < -0.4 is 9.31 Å². The van der Waals surface area contributed by atoms with Crippen LogP contribution in [0.3, 0.4) is 0 Å². The van der Waals surface area contributed by atoms with Crippen molar-refractivity contribution in [3.05, 3.63) is 30.0 Å². The Bertz CT molecular complexity index is 670. The van der Waals surface area contributed by atoms with Crippen molar-refractivity contribution in [2.45, 2.75) is 72.6 Å². The number of hydrogen-bond acceptors (Lipinski definition) is 2. The minimum absolute atomic E-state index is 0.267. The van der Waals surface area contributed by atoms with Crippen molar-refractivity contribution in [2.75, 3.05) is 0 Å². The fourth-order valence-corrected chi connectivity index (χ4v) is 19.8. The molecule has 25 heavy (non-hydrogen) atoms. The summed E-state index contributed by atoms with van der Waals surface area (Å²) in [5.41, 5.74) is 6.16. The van der Waals surface area contributed by atoms with Gasteiger partial charge in [-0.2, -0.15) is 0 Å². The molecule has 0 radical (unpaired) electrons. The van der Waals surface area contributed by atoms with Crippen molar-refractivity contribution in [2.24, 2.45) is 5.73 Å². The van der Waals surface area contributed by atoms with Gasteiger partial charge in [0.1, 0.15) is 0 Å². The van der Waals surface area contributed by atoms with Crippen molar-refractivity contribution in [1.82, 2.24) is 0 Å². The molecule has 0 fully saturated rings. The zero-order valence-electron chi connectivity index (χ0n) is 16.1. The third-order valence-electron chi connectivity index (χ3n) is 5.40. The molecule has 0 spiro atoms. The van der Waals surface area contributed by atoms with Gasteiger partial charge >= 0.3 is 156 Å². The molecule has 1 amide bonds. The summed E-state index contributed by atoms with van der Waals surface area (Å²) < 4.78 is 11.5. The molecule has 0 aliphatic carbocycles. The van der Waals surface area contributed by atoms with Crippen LogP contribution in [0.15, 0.2) is 28.7 Å². The topological polar surface area (TPSA) is 56.2 Å². The van der Waals surface area contributed by atoms with Gasteiger partial charge in [-0.15, -0.1) is 0 Å². The molecular formula is C21H33NO2Sn. The van der Waals surface area contributed by atoms with Crippen LogP contribution in [-0.2, 0) is 0 Å². The summed E-state index contributed by atoms with van der Waals surface area (Å²) in [6, 6.07) is 8.50. The van der Waals surface area contributed by atoms with E-state index < -0.39 is 24.3 Å². The van der Waals surface area contributed by atoms with E-state index in [2.05, 4.69) is 39.0 Å². The molecule has 2 N–H and O–H groups in total. The van der Waals surface area contributed by atoms with Crippen molar-refractivity contribution in [1.29, 1.82) is 0 Å². The number of primary amides is 1. The molecule has 0 atom stereocenters. The summed E-state index contributed by atoms with van der Waals surface area (Å²) in [5.74, 6) is -0.223. The first-order valence-electron chi connectivity index (χ1n) is 9.90. The molecule has 0 bridgehead atoms. The van der Waals surface area contributed by atoms with Gasteiger partial charge in [0.25, 0.3) is 0 Å². The summed E-state index contributed by atoms with van der Waals surface area (Å²) >= 11 is -2.43. The summed E-state index contributed by atoms with van der Waals surface area (Å²) in [6.45, 7) is 6.90. The molecule has 2 aromatic rings. The van der Waals surface area contributed by atoms with E-state index in [4.69, 9.17) is 10.2 Å². The number of rotatable bonds is 11. The molecule has 1 heterocycles. The summed E-state index contributed by atoms with van der Waals surface area (Å²) in [6.07, 6.45) is 7.86. The molecule has 0 aliphatic rings. The van der Waals surface area contributed by atoms with Crippen LogP contribution >= 0.6 is 0 Å². The zero-order valence-corrected chi connectivity index (χ0v) is 18.9. The molecule has 0 unspecified atom stereocenters. The molecule has 0 aliphatic heterocycles. The third-order valence-corrected chi connectivity index (χ3v) is 21.0. The second-order valence-electron chi connectivity index (χ2n) is 7.32. The second kappa shape index (κ2) is 9.65. The quantitative estimate of drug-likeness (QED) is 0.454. The Labute approximate surface area is 156 Å². The molecule has 1 aromatic heterocycles. The number of unbranched alkanes of at least 4 members (excludes halogenated alkanes) is 3. The van der Waals surface area contributed by atoms with Gasteiger partial charge in [0.15, 0.2) is 0 Å². The van der Waals surface area contributed by atoms with Crippen LogP contribution in [0.25, 0.3) is 11.0 Å². The van der Waals surface area contributed by atoms with Crippen molar-refractivity contribution >= 4 is 38.8 Å². The number of carbonyl (C=O) groups is 1. The predicted octanol–water partition coefficient (Wildman–Crippen LogP) is 5.59. The van der Waals surface area contributed by atoms with E-state index in [0.717, 1.165) is 11.0 Å². The molecule has 4 heteroatoms. The summed E-state index contributed by atoms with van der Waals surface area (Å²) in [4.78, 5) is 11.4. The molecule has 1 aromatic carbocycles. The molecule has 0 saturated carbocycles. The zero-order chi connectivity index (χ0) is 18.3. The van der Waals surface area contributed by atoms with Crippen LogP contribution in [0.1, 0.15) is 69.9 Å². The van der Waals surface area contributed by atoms with E-state index >= 15 is 0 Å². The second-order valence-corrected chi connectivity index (χ2v) is 20.6. The number of benzene rings is 1. The minimum atomic E-state index is -2.43. The number of fused-ring (bicyclic) bond motifs is 1. The van der Waals surface area contributed by atoms with Crippen LogP contribution in [-0.4, -0.2) is 24.3 Å². The average Bonchev–Trinajstić information content (AvgIpc) is 3.05. The molecule has 3 nitrogen and oxygen atoms in total. The number of nitrogens with two attached hydrogens (primary N) is 1. The van der Waals surface area contributed by atoms with Gasteiger partial charge in [0, 0.05) is 0 Å². The van der Waals surface area contributed by atoms with Crippen LogP contribution in [0.2, 0.25) is 13.3 Å². The van der Waals surface area contributed by atoms with E-state index in [1.165, 1.54) is 51.8 Å². The van der Waals surface area contributed by atoms with Crippen molar-refractivity contribution in [3.8, 4) is 0 Å². The summed E-state index contributed by atoms with van der Waals surface area (Å²) in [7, 11) is 0. The predicted molar refractivity (Wildman–Crippen MR) is 109 cm³/mol. The first-order chi connectivity index (χ1) is 12.1. The Hall–Kier alpha value is -0.971. The maximum atomic E-state index is 11.4. The van der Waals surface area contributed by atoms with Crippen molar-refractivity contribution in [3.63, 3.8) is 0 Å². The Morgan fingerprint density at radius 3 is 2.00 bits per heavy atom. The summed E-state index contributed by atoms with van der Waals surface area (Å²) in [5, 5.41) is 1.04. The van der Waals surface area contributed by atoms with E-state index in [1.54, 1.807) is 3.58 Å². The van der Waals surface area contributed by atoms with Gasteiger partial charge in [-0.25, -0.2) is 0 Å². The first kappa shape index (κ1) is 20.3. The van der Waals surface area contributed by atoms with Gasteiger partial charge in [-0.1, -0.05) is 0 Å². The first-order valence-corrected chi connectivity index (χ1v) is 17.4. The Balaban J connectivity index is 2.45. The van der Waals surface area contributed by atoms with Crippen LogP contribution in [0, 0.1) is 0 Å². The van der Waals surface area contributed by atoms with E-state index in [9.17, 15) is 4.79 Å². The Morgan fingerprint density at radius 1 is 0.960 bits per heavy atom. The Kier molecular flexibility index (Phi) is 7.85. The van der Waals surface area contributed by atoms with Crippen molar-refractivity contribution < 1.29 is 9.21 Å². The third kappa shape index (κ3) is 5.02. The fraction of sp³-hybridized carbons (Fsp3) is 0.571. The number of furan rings is 1. The van der Waals surface area contributed by atoms with Gasteiger partial charge in [0.05, 0.1) is 0 Å². The van der Waals surface area contributed by atoms with E-state index in [0.29, 0.717) is 0 Å². The van der Waals surface area contributed by atoms with Gasteiger partial charge < -0.3 is 0 Å². The van der Waals surface area contributed by atoms with Gasteiger partial charge in [-0.3, -0.25) is 0 Å². The van der Waals surface area contributed by atoms with Crippen LogP contribution in [0.4, 0.5) is 0 Å². The SMILES string of the molecule is CCC[CH2][Sn]([CH2]CCC)([CH2]CCC)[c]1ccc2oc(C(N)=O)cc2c1. The van der Waals surface area contributed by atoms with Crippen LogP contribution in [0.5, 0.6) is 0 Å². The molecule has 138 valence electrons. The number of carbonyl (C=O) groups excluding carboxylic acids is 1. The average molecular weight is 450 g/mol. The normalized spacial score (nSPS) is 12.0.